The van der Waals surface area contributed by atoms with Crippen molar-refractivity contribution in [3.05, 3.63) is 47.4 Å². The van der Waals surface area contributed by atoms with Crippen LogP contribution in [0, 0.1) is 6.92 Å². The molecule has 0 aliphatic carbocycles. The molecule has 29 heavy (non-hydrogen) atoms. The standard InChI is InChI=1S/C20H23N5O4/c1-3-29-20(28)15-6-4-5-7-16(15)23-19(27)17-12-18(22-14(2)21-17)25-10-8-24(13-26)9-11-25/h4-7,12-13H,3,8-11H2,1-2H3,(H,23,27). The Morgan fingerprint density at radius 3 is 2.59 bits per heavy atom. The Kier molecular flexibility index (Phi) is 6.38. The molecular weight excluding hydrogens is 374 g/mol. The molecule has 1 N–H and O–H groups in total. The maximum Gasteiger partial charge on any atom is 0.340 e. The van der Waals surface area contributed by atoms with E-state index >= 15 is 0 Å². The molecule has 2 amide bonds. The highest BCUT2D eigenvalue weighted by Crippen LogP contribution is 2.19. The fraction of sp³-hybridized carbons (Fsp3) is 0.350. The van der Waals surface area contributed by atoms with Crippen LogP contribution in [-0.4, -0.2) is 65.9 Å². The number of aryl methyl sites for hydroxylation is 1. The highest BCUT2D eigenvalue weighted by atomic mass is 16.5. The molecule has 9 heteroatoms. The van der Waals surface area contributed by atoms with Gasteiger partial charge < -0.3 is 19.9 Å². The number of nitrogens with zero attached hydrogens (tertiary/aromatic N) is 4. The number of piperazine rings is 1. The summed E-state index contributed by atoms with van der Waals surface area (Å²) in [6, 6.07) is 8.27. The Hall–Kier alpha value is -3.49. The zero-order valence-electron chi connectivity index (χ0n) is 16.4. The minimum absolute atomic E-state index is 0.198. The second-order valence-electron chi connectivity index (χ2n) is 6.51. The maximum atomic E-state index is 12.8. The van der Waals surface area contributed by atoms with Gasteiger partial charge in [-0.05, 0) is 26.0 Å². The summed E-state index contributed by atoms with van der Waals surface area (Å²) in [6.45, 7) is 6.13. The predicted molar refractivity (Wildman–Crippen MR) is 107 cm³/mol. The lowest BCUT2D eigenvalue weighted by atomic mass is 10.1. The van der Waals surface area contributed by atoms with Gasteiger partial charge in [-0.25, -0.2) is 14.8 Å². The van der Waals surface area contributed by atoms with Crippen molar-refractivity contribution in [2.45, 2.75) is 13.8 Å². The third-order valence-corrected chi connectivity index (χ3v) is 4.52. The summed E-state index contributed by atoms with van der Waals surface area (Å²) in [4.78, 5) is 48.2. The SMILES string of the molecule is CCOC(=O)c1ccccc1NC(=O)c1cc(N2CCN(C=O)CC2)nc(C)n1. The van der Waals surface area contributed by atoms with Crippen LogP contribution in [0.25, 0.3) is 0 Å². The highest BCUT2D eigenvalue weighted by Gasteiger charge is 2.20. The van der Waals surface area contributed by atoms with Crippen molar-refractivity contribution in [2.24, 2.45) is 0 Å². The van der Waals surface area contributed by atoms with E-state index in [1.54, 1.807) is 49.1 Å². The second-order valence-corrected chi connectivity index (χ2v) is 6.51. The van der Waals surface area contributed by atoms with Gasteiger partial charge in [0.05, 0.1) is 17.9 Å². The second kappa shape index (κ2) is 9.13. The van der Waals surface area contributed by atoms with Gasteiger partial charge in [0.1, 0.15) is 17.3 Å². The van der Waals surface area contributed by atoms with E-state index in [0.717, 1.165) is 6.41 Å². The number of hydrogen-bond donors (Lipinski definition) is 1. The number of benzene rings is 1. The fourth-order valence-electron chi connectivity index (χ4n) is 3.05. The van der Waals surface area contributed by atoms with E-state index in [1.165, 1.54) is 0 Å². The first-order chi connectivity index (χ1) is 14.0. The summed E-state index contributed by atoms with van der Waals surface area (Å²) in [5.41, 5.74) is 0.830. The number of aromatic nitrogens is 2. The lowest BCUT2D eigenvalue weighted by molar-refractivity contribution is -0.118. The molecule has 3 rings (SSSR count). The van der Waals surface area contributed by atoms with Gasteiger partial charge in [-0.1, -0.05) is 12.1 Å². The minimum Gasteiger partial charge on any atom is -0.462 e. The predicted octanol–water partition coefficient (Wildman–Crippen LogP) is 1.49. The van der Waals surface area contributed by atoms with Crippen LogP contribution < -0.4 is 10.2 Å². The molecule has 9 nitrogen and oxygen atoms in total. The van der Waals surface area contributed by atoms with Crippen LogP contribution >= 0.6 is 0 Å². The molecule has 0 radical (unpaired) electrons. The van der Waals surface area contributed by atoms with Gasteiger partial charge in [-0.3, -0.25) is 9.59 Å². The number of anilines is 2. The van der Waals surface area contributed by atoms with Crippen molar-refractivity contribution in [1.82, 2.24) is 14.9 Å². The quantitative estimate of drug-likeness (QED) is 0.582. The average molecular weight is 397 g/mol. The summed E-state index contributed by atoms with van der Waals surface area (Å²) in [5, 5.41) is 2.74. The number of carbonyl (C=O) groups is 3. The molecule has 1 aromatic heterocycles. The molecule has 0 bridgehead atoms. The Labute approximate surface area is 168 Å². The molecule has 1 saturated heterocycles. The van der Waals surface area contributed by atoms with Gasteiger partial charge in [0, 0.05) is 32.2 Å². The van der Waals surface area contributed by atoms with E-state index in [2.05, 4.69) is 15.3 Å². The van der Waals surface area contributed by atoms with Crippen LogP contribution in [0.4, 0.5) is 11.5 Å². The zero-order chi connectivity index (χ0) is 20.8. The Morgan fingerprint density at radius 1 is 1.17 bits per heavy atom. The Bertz CT molecular complexity index is 909. The first-order valence-corrected chi connectivity index (χ1v) is 9.39. The fourth-order valence-corrected chi connectivity index (χ4v) is 3.05. The van der Waals surface area contributed by atoms with E-state index < -0.39 is 11.9 Å². The van der Waals surface area contributed by atoms with Crippen LogP contribution in [0.15, 0.2) is 30.3 Å². The molecule has 0 saturated carbocycles. The van der Waals surface area contributed by atoms with Gasteiger partial charge in [-0.2, -0.15) is 0 Å². The lowest BCUT2D eigenvalue weighted by Crippen LogP contribution is -2.46. The Morgan fingerprint density at radius 2 is 1.90 bits per heavy atom. The van der Waals surface area contributed by atoms with Gasteiger partial charge in [0.25, 0.3) is 5.91 Å². The van der Waals surface area contributed by atoms with Gasteiger partial charge >= 0.3 is 5.97 Å². The van der Waals surface area contributed by atoms with Crippen LogP contribution in [0.3, 0.4) is 0 Å². The largest absolute Gasteiger partial charge is 0.462 e. The maximum absolute atomic E-state index is 12.8. The monoisotopic (exact) mass is 397 g/mol. The van der Waals surface area contributed by atoms with E-state index in [-0.39, 0.29) is 17.9 Å². The van der Waals surface area contributed by atoms with E-state index in [1.807, 2.05) is 4.90 Å². The van der Waals surface area contributed by atoms with Crippen molar-refractivity contribution in [2.75, 3.05) is 43.0 Å². The number of esters is 1. The first-order valence-electron chi connectivity index (χ1n) is 9.39. The molecular formula is C20H23N5O4. The molecule has 152 valence electrons. The van der Waals surface area contributed by atoms with Crippen molar-refractivity contribution in [1.29, 1.82) is 0 Å². The molecule has 1 aliphatic rings. The summed E-state index contributed by atoms with van der Waals surface area (Å²) < 4.78 is 5.04. The topological polar surface area (TPSA) is 105 Å². The van der Waals surface area contributed by atoms with Crippen LogP contribution in [-0.2, 0) is 9.53 Å². The molecule has 2 heterocycles. The molecule has 1 aliphatic heterocycles. The van der Waals surface area contributed by atoms with Crippen LogP contribution in [0.1, 0.15) is 33.6 Å². The first kappa shape index (κ1) is 20.2. The van der Waals surface area contributed by atoms with Crippen molar-refractivity contribution >= 4 is 29.8 Å². The summed E-state index contributed by atoms with van der Waals surface area (Å²) in [6.07, 6.45) is 0.836. The lowest BCUT2D eigenvalue weighted by Gasteiger charge is -2.33. The molecule has 1 fully saturated rings. The van der Waals surface area contributed by atoms with Crippen LogP contribution in [0.5, 0.6) is 0 Å². The van der Waals surface area contributed by atoms with Crippen molar-refractivity contribution in [3.8, 4) is 0 Å². The van der Waals surface area contributed by atoms with Gasteiger partial charge in [0.15, 0.2) is 0 Å². The third-order valence-electron chi connectivity index (χ3n) is 4.52. The molecule has 0 spiro atoms. The smallest absolute Gasteiger partial charge is 0.340 e. The summed E-state index contributed by atoms with van der Waals surface area (Å²) in [7, 11) is 0. The molecule has 0 atom stereocenters. The molecule has 1 aromatic carbocycles. The number of hydrogen-bond acceptors (Lipinski definition) is 7. The summed E-state index contributed by atoms with van der Waals surface area (Å²) in [5.74, 6) is 0.145. The van der Waals surface area contributed by atoms with E-state index in [0.29, 0.717) is 43.5 Å². The molecule has 0 unspecified atom stereocenters. The van der Waals surface area contributed by atoms with Gasteiger partial charge in [-0.15, -0.1) is 0 Å². The van der Waals surface area contributed by atoms with Crippen LogP contribution in [0.2, 0.25) is 0 Å². The van der Waals surface area contributed by atoms with E-state index in [4.69, 9.17) is 4.74 Å². The van der Waals surface area contributed by atoms with Crippen molar-refractivity contribution < 1.29 is 19.1 Å². The third kappa shape index (κ3) is 4.87. The summed E-state index contributed by atoms with van der Waals surface area (Å²) >= 11 is 0. The number of nitrogens with one attached hydrogen (secondary N) is 1. The van der Waals surface area contributed by atoms with E-state index in [9.17, 15) is 14.4 Å². The highest BCUT2D eigenvalue weighted by molar-refractivity contribution is 6.07. The normalized spacial score (nSPS) is 13.7. The van der Waals surface area contributed by atoms with Gasteiger partial charge in [0.2, 0.25) is 6.41 Å². The zero-order valence-corrected chi connectivity index (χ0v) is 16.4. The number of para-hydroxylation sites is 1. The Balaban J connectivity index is 1.79. The number of rotatable bonds is 6. The average Bonchev–Trinajstić information content (AvgIpc) is 2.74. The van der Waals surface area contributed by atoms with Crippen molar-refractivity contribution in [3.63, 3.8) is 0 Å². The number of amides is 2. The number of ether oxygens (including phenoxy) is 1. The minimum atomic E-state index is -0.504. The number of carbonyl (C=O) groups excluding carboxylic acids is 3. The molecule has 2 aromatic rings.